The van der Waals surface area contributed by atoms with Crippen LogP contribution in [-0.4, -0.2) is 40.2 Å². The number of fused-ring (bicyclic) bond motifs is 1. The summed E-state index contributed by atoms with van der Waals surface area (Å²) in [5.41, 5.74) is 1.64. The van der Waals surface area contributed by atoms with Crippen LogP contribution in [0.25, 0.3) is 11.1 Å². The number of benzene rings is 3. The maximum Gasteiger partial charge on any atom is 0.235 e. The Kier molecular flexibility index (Phi) is 5.52. The molecule has 0 unspecified atom stereocenters. The number of amides is 1. The number of carbonyl (C=O) groups is 1. The van der Waals surface area contributed by atoms with Crippen LogP contribution in [0.4, 0.5) is 10.1 Å². The Morgan fingerprint density at radius 1 is 0.971 bits per heavy atom. The number of hydrogen-bond donors (Lipinski definition) is 3. The molecular weight excluding hydrogens is 459 g/mol. The van der Waals surface area contributed by atoms with Gasteiger partial charge in [0.05, 0.1) is 16.0 Å². The smallest absolute Gasteiger partial charge is 0.235 e. The van der Waals surface area contributed by atoms with Gasteiger partial charge >= 0.3 is 0 Å². The molecule has 1 amide bonds. The van der Waals surface area contributed by atoms with Gasteiger partial charge in [-0.2, -0.15) is 0 Å². The van der Waals surface area contributed by atoms with Gasteiger partial charge in [0.25, 0.3) is 0 Å². The Balaban J connectivity index is 1.38. The fraction of sp³-hybridized carbons (Fsp3) is 0.240. The molecule has 0 radical (unpaired) electrons. The molecule has 0 saturated heterocycles. The van der Waals surface area contributed by atoms with E-state index < -0.39 is 22.0 Å². The van der Waals surface area contributed by atoms with Gasteiger partial charge in [-0.3, -0.25) is 13.9 Å². The highest BCUT2D eigenvalue weighted by Crippen LogP contribution is 2.51. The molecule has 1 aliphatic heterocycles. The molecule has 34 heavy (non-hydrogen) atoms. The van der Waals surface area contributed by atoms with Gasteiger partial charge in [-0.25, -0.2) is 8.70 Å². The van der Waals surface area contributed by atoms with E-state index in [2.05, 4.69) is 5.32 Å². The zero-order chi connectivity index (χ0) is 24.1. The molecule has 0 atom stereocenters. The van der Waals surface area contributed by atoms with Crippen LogP contribution in [0.15, 0.2) is 65.6 Å². The second-order valence-corrected chi connectivity index (χ2v) is 10.9. The number of nitrogens with one attached hydrogen (secondary N) is 1. The normalized spacial score (nSPS) is 16.4. The third kappa shape index (κ3) is 3.90. The van der Waals surface area contributed by atoms with Gasteiger partial charge in [0, 0.05) is 14.1 Å². The Bertz CT molecular complexity index is 1260. The van der Waals surface area contributed by atoms with Crippen molar-refractivity contribution in [3.63, 3.8) is 0 Å². The van der Waals surface area contributed by atoms with E-state index in [9.17, 15) is 18.3 Å². The summed E-state index contributed by atoms with van der Waals surface area (Å²) < 4.78 is 47.3. The van der Waals surface area contributed by atoms with E-state index >= 15 is 0 Å². The minimum atomic E-state index is -3.05. The largest absolute Gasteiger partial charge is 0.454 e. The second-order valence-electron chi connectivity index (χ2n) is 8.65. The van der Waals surface area contributed by atoms with E-state index in [1.165, 1.54) is 10.4 Å². The fourth-order valence-electron chi connectivity index (χ4n) is 4.05. The molecule has 2 aliphatic rings. The van der Waals surface area contributed by atoms with E-state index in [-0.39, 0.29) is 18.4 Å². The number of ether oxygens (including phenoxy) is 2. The zero-order valence-electron chi connectivity index (χ0n) is 18.7. The number of carbonyl (C=O) groups excluding carboxylic acids is 1. The molecule has 3 N–H and O–H groups in total. The lowest BCUT2D eigenvalue weighted by molar-refractivity contribution is -0.118. The van der Waals surface area contributed by atoms with Gasteiger partial charge in [-0.05, 0) is 65.9 Å². The molecule has 3 aromatic carbocycles. The van der Waals surface area contributed by atoms with Gasteiger partial charge in [-0.1, -0.05) is 24.3 Å². The highest BCUT2D eigenvalue weighted by Gasteiger charge is 2.51. The van der Waals surface area contributed by atoms with E-state index in [1.54, 1.807) is 56.6 Å². The number of hydrogen-bond acceptors (Lipinski definition) is 6. The summed E-state index contributed by atoms with van der Waals surface area (Å²) in [6.45, 7) is 0.158. The standard InChI is InChI=1S/C25H25FN2O5S/c1-28(2)34(30,31)19-7-3-16(4-8-19)17-5-9-20(26)21(13-17)27-24(29)25(11-12-25)18-6-10-22-23(14-18)33-15-32-22/h3-10,13-14,30-31H,11-12,15H2,1-2H3,(H,27,29). The van der Waals surface area contributed by atoms with Crippen LogP contribution in [0.3, 0.4) is 0 Å². The fourth-order valence-corrected chi connectivity index (χ4v) is 4.97. The minimum Gasteiger partial charge on any atom is -0.454 e. The predicted molar refractivity (Wildman–Crippen MR) is 129 cm³/mol. The molecule has 9 heteroatoms. The van der Waals surface area contributed by atoms with Gasteiger partial charge in [-0.15, -0.1) is 10.8 Å². The Hall–Kier alpha value is -3.11. The third-order valence-corrected chi connectivity index (χ3v) is 8.26. The Morgan fingerprint density at radius 2 is 1.65 bits per heavy atom. The first-order valence-corrected chi connectivity index (χ1v) is 12.3. The minimum absolute atomic E-state index is 0.0937. The number of anilines is 1. The summed E-state index contributed by atoms with van der Waals surface area (Å²) in [7, 11) is 0.137. The average molecular weight is 485 g/mol. The molecule has 7 nitrogen and oxygen atoms in total. The van der Waals surface area contributed by atoms with Crippen LogP contribution in [0.1, 0.15) is 18.4 Å². The van der Waals surface area contributed by atoms with E-state index in [4.69, 9.17) is 9.47 Å². The molecule has 3 aromatic rings. The van der Waals surface area contributed by atoms with Gasteiger partial charge in [0.2, 0.25) is 12.7 Å². The molecule has 0 aromatic heterocycles. The summed E-state index contributed by atoms with van der Waals surface area (Å²) in [6.07, 6.45) is 1.33. The Labute approximate surface area is 198 Å². The monoisotopic (exact) mass is 484 g/mol. The third-order valence-electron chi connectivity index (χ3n) is 6.34. The van der Waals surface area contributed by atoms with Crippen LogP contribution < -0.4 is 14.8 Å². The van der Waals surface area contributed by atoms with Gasteiger partial charge in [0.1, 0.15) is 5.82 Å². The highest BCUT2D eigenvalue weighted by molar-refractivity contribution is 8.22. The molecule has 1 saturated carbocycles. The van der Waals surface area contributed by atoms with Crippen molar-refractivity contribution >= 4 is 22.4 Å². The summed E-state index contributed by atoms with van der Waals surface area (Å²) in [5, 5.41) is 2.77. The van der Waals surface area contributed by atoms with Crippen LogP contribution in [0.5, 0.6) is 11.5 Å². The molecule has 1 aliphatic carbocycles. The molecule has 0 spiro atoms. The van der Waals surface area contributed by atoms with Crippen LogP contribution in [0, 0.1) is 5.82 Å². The predicted octanol–water partition coefficient (Wildman–Crippen LogP) is 5.48. The SMILES string of the molecule is CN(C)S(O)(O)c1ccc(-c2ccc(F)c(NC(=O)C3(c4ccc5c(c4)OCO5)CC3)c2)cc1. The van der Waals surface area contributed by atoms with Crippen LogP contribution in [0.2, 0.25) is 0 Å². The van der Waals surface area contributed by atoms with Crippen molar-refractivity contribution in [2.24, 2.45) is 0 Å². The second kappa shape index (κ2) is 8.28. The highest BCUT2D eigenvalue weighted by atomic mass is 32.3. The first-order chi connectivity index (χ1) is 16.2. The van der Waals surface area contributed by atoms with Gasteiger partial charge < -0.3 is 14.8 Å². The van der Waals surface area contributed by atoms with Crippen molar-refractivity contribution in [2.45, 2.75) is 23.2 Å². The quantitative estimate of drug-likeness (QED) is 0.429. The molecule has 0 bridgehead atoms. The lowest BCUT2D eigenvalue weighted by Crippen LogP contribution is -2.28. The summed E-state index contributed by atoms with van der Waals surface area (Å²) in [4.78, 5) is 13.6. The first-order valence-electron chi connectivity index (χ1n) is 10.8. The first kappa shape index (κ1) is 22.7. The lowest BCUT2D eigenvalue weighted by Gasteiger charge is -2.38. The summed E-state index contributed by atoms with van der Waals surface area (Å²) in [6, 6.07) is 16.7. The van der Waals surface area contributed by atoms with Crippen molar-refractivity contribution in [3.05, 3.63) is 72.0 Å². The molecule has 178 valence electrons. The van der Waals surface area contributed by atoms with Crippen molar-refractivity contribution in [3.8, 4) is 22.6 Å². The zero-order valence-corrected chi connectivity index (χ0v) is 19.6. The van der Waals surface area contributed by atoms with E-state index in [0.717, 1.165) is 11.1 Å². The van der Waals surface area contributed by atoms with Crippen molar-refractivity contribution in [1.82, 2.24) is 4.31 Å². The van der Waals surface area contributed by atoms with Gasteiger partial charge in [0.15, 0.2) is 11.5 Å². The lowest BCUT2D eigenvalue weighted by atomic mass is 9.94. The number of rotatable bonds is 6. The van der Waals surface area contributed by atoms with Crippen LogP contribution in [-0.2, 0) is 10.2 Å². The van der Waals surface area contributed by atoms with E-state index in [1.807, 2.05) is 12.1 Å². The molecular formula is C25H25FN2O5S. The van der Waals surface area contributed by atoms with Crippen LogP contribution >= 0.6 is 10.8 Å². The number of nitrogens with zero attached hydrogens (tertiary/aromatic N) is 1. The maximum absolute atomic E-state index is 14.6. The van der Waals surface area contributed by atoms with Crippen molar-refractivity contribution < 1.29 is 27.8 Å². The molecule has 1 fully saturated rings. The summed E-state index contributed by atoms with van der Waals surface area (Å²) >= 11 is 0. The average Bonchev–Trinajstić information content (AvgIpc) is 3.51. The molecule has 5 rings (SSSR count). The van der Waals surface area contributed by atoms with E-state index in [0.29, 0.717) is 34.8 Å². The maximum atomic E-state index is 14.6. The van der Waals surface area contributed by atoms with Crippen molar-refractivity contribution in [1.29, 1.82) is 0 Å². The summed E-state index contributed by atoms with van der Waals surface area (Å²) in [5.74, 6) is 0.463. The number of halogens is 1. The topological polar surface area (TPSA) is 91.3 Å². The Morgan fingerprint density at radius 3 is 2.32 bits per heavy atom. The van der Waals surface area contributed by atoms with Crippen molar-refractivity contribution in [2.75, 3.05) is 26.2 Å². The molecule has 1 heterocycles.